The highest BCUT2D eigenvalue weighted by Crippen LogP contribution is 2.28. The lowest BCUT2D eigenvalue weighted by Gasteiger charge is -2.06. The Labute approximate surface area is 91.8 Å². The lowest BCUT2D eigenvalue weighted by atomic mass is 10.4. The van der Waals surface area contributed by atoms with Crippen LogP contribution in [0.4, 0.5) is 0 Å². The van der Waals surface area contributed by atoms with E-state index in [0.717, 1.165) is 32.0 Å². The van der Waals surface area contributed by atoms with Crippen molar-refractivity contribution in [2.45, 2.75) is 26.2 Å². The predicted molar refractivity (Wildman–Crippen MR) is 59.7 cm³/mol. The van der Waals surface area contributed by atoms with Crippen LogP contribution in [-0.4, -0.2) is 38.8 Å². The van der Waals surface area contributed by atoms with Gasteiger partial charge in [0.2, 0.25) is 5.91 Å². The third-order valence-electron chi connectivity index (χ3n) is 2.33. The molecule has 0 spiro atoms. The molecule has 88 valence electrons. The second kappa shape index (κ2) is 7.65. The smallest absolute Gasteiger partial charge is 0.246 e. The van der Waals surface area contributed by atoms with Gasteiger partial charge >= 0.3 is 0 Å². The maximum atomic E-state index is 11.2. The zero-order valence-electron chi connectivity index (χ0n) is 9.55. The summed E-state index contributed by atoms with van der Waals surface area (Å²) in [5, 5.41) is 6.03. The molecule has 1 saturated carbocycles. The van der Waals surface area contributed by atoms with Gasteiger partial charge in [-0.05, 0) is 31.7 Å². The molecule has 0 aromatic carbocycles. The first-order chi connectivity index (χ1) is 7.33. The number of hydrogen-bond donors (Lipinski definition) is 2. The Morgan fingerprint density at radius 3 is 2.80 bits per heavy atom. The molecule has 0 aromatic rings. The minimum Gasteiger partial charge on any atom is -0.371 e. The van der Waals surface area contributed by atoms with Crippen LogP contribution in [0.15, 0.2) is 0 Å². The Kier molecular flexibility index (Phi) is 6.36. The minimum absolute atomic E-state index is 0.00560. The zero-order valence-corrected chi connectivity index (χ0v) is 9.55. The van der Waals surface area contributed by atoms with Gasteiger partial charge in [-0.3, -0.25) is 4.79 Å². The fraction of sp³-hybridized carbons (Fsp3) is 0.909. The molecule has 1 amide bonds. The van der Waals surface area contributed by atoms with E-state index in [9.17, 15) is 4.79 Å². The zero-order chi connectivity index (χ0) is 10.9. The van der Waals surface area contributed by atoms with Crippen molar-refractivity contribution in [3.8, 4) is 0 Å². The van der Waals surface area contributed by atoms with Crippen LogP contribution < -0.4 is 10.6 Å². The van der Waals surface area contributed by atoms with Crippen molar-refractivity contribution in [1.29, 1.82) is 0 Å². The molecular weight excluding hydrogens is 192 g/mol. The van der Waals surface area contributed by atoms with Crippen LogP contribution in [-0.2, 0) is 9.53 Å². The van der Waals surface area contributed by atoms with Gasteiger partial charge < -0.3 is 15.4 Å². The summed E-state index contributed by atoms with van der Waals surface area (Å²) < 4.78 is 5.27. The average molecular weight is 214 g/mol. The SMILES string of the molecule is CCCNCCNC(=O)COCC1CC1. The van der Waals surface area contributed by atoms with Crippen molar-refractivity contribution < 1.29 is 9.53 Å². The first-order valence-electron chi connectivity index (χ1n) is 5.88. The van der Waals surface area contributed by atoms with Crippen LogP contribution in [0, 0.1) is 5.92 Å². The molecule has 1 aliphatic carbocycles. The van der Waals surface area contributed by atoms with Gasteiger partial charge in [-0.2, -0.15) is 0 Å². The van der Waals surface area contributed by atoms with Crippen molar-refractivity contribution in [2.75, 3.05) is 32.8 Å². The normalized spacial score (nSPS) is 15.3. The number of hydrogen-bond acceptors (Lipinski definition) is 3. The molecular formula is C11H22N2O2. The maximum Gasteiger partial charge on any atom is 0.246 e. The summed E-state index contributed by atoms with van der Waals surface area (Å²) in [7, 11) is 0. The fourth-order valence-electron chi connectivity index (χ4n) is 1.25. The van der Waals surface area contributed by atoms with Gasteiger partial charge in [0.15, 0.2) is 0 Å². The van der Waals surface area contributed by atoms with Crippen LogP contribution >= 0.6 is 0 Å². The van der Waals surface area contributed by atoms with E-state index in [1.54, 1.807) is 0 Å². The first-order valence-corrected chi connectivity index (χ1v) is 5.88. The summed E-state index contributed by atoms with van der Waals surface area (Å²) in [6.45, 7) is 5.62. The summed E-state index contributed by atoms with van der Waals surface area (Å²) in [4.78, 5) is 11.2. The number of rotatable bonds is 9. The van der Waals surface area contributed by atoms with Gasteiger partial charge in [0.05, 0.1) is 6.61 Å². The van der Waals surface area contributed by atoms with E-state index in [-0.39, 0.29) is 12.5 Å². The number of ether oxygens (including phenoxy) is 1. The lowest BCUT2D eigenvalue weighted by molar-refractivity contribution is -0.125. The van der Waals surface area contributed by atoms with E-state index < -0.39 is 0 Å². The highest BCUT2D eigenvalue weighted by molar-refractivity contribution is 5.77. The molecule has 0 unspecified atom stereocenters. The summed E-state index contributed by atoms with van der Waals surface area (Å²) in [6.07, 6.45) is 3.66. The summed E-state index contributed by atoms with van der Waals surface area (Å²) in [6, 6.07) is 0. The molecule has 0 saturated heterocycles. The van der Waals surface area contributed by atoms with Gasteiger partial charge in [-0.25, -0.2) is 0 Å². The molecule has 15 heavy (non-hydrogen) atoms. The summed E-state index contributed by atoms with van der Waals surface area (Å²) in [5.41, 5.74) is 0. The van der Waals surface area contributed by atoms with Crippen molar-refractivity contribution in [1.82, 2.24) is 10.6 Å². The molecule has 4 nitrogen and oxygen atoms in total. The van der Waals surface area contributed by atoms with Crippen LogP contribution in [0.5, 0.6) is 0 Å². The van der Waals surface area contributed by atoms with E-state index in [1.165, 1.54) is 12.8 Å². The Hall–Kier alpha value is -0.610. The Balaban J connectivity index is 1.80. The van der Waals surface area contributed by atoms with Gasteiger partial charge in [-0.1, -0.05) is 6.92 Å². The second-order valence-corrected chi connectivity index (χ2v) is 4.06. The van der Waals surface area contributed by atoms with E-state index in [4.69, 9.17) is 4.74 Å². The van der Waals surface area contributed by atoms with Crippen LogP contribution in [0.25, 0.3) is 0 Å². The quantitative estimate of drug-likeness (QED) is 0.550. The van der Waals surface area contributed by atoms with Gasteiger partial charge in [-0.15, -0.1) is 0 Å². The number of nitrogens with one attached hydrogen (secondary N) is 2. The number of carbonyl (C=O) groups is 1. The molecule has 0 atom stereocenters. The maximum absolute atomic E-state index is 11.2. The van der Waals surface area contributed by atoms with Gasteiger partial charge in [0.25, 0.3) is 0 Å². The topological polar surface area (TPSA) is 50.4 Å². The van der Waals surface area contributed by atoms with Crippen LogP contribution in [0.3, 0.4) is 0 Å². The molecule has 0 heterocycles. The fourth-order valence-corrected chi connectivity index (χ4v) is 1.25. The highest BCUT2D eigenvalue weighted by atomic mass is 16.5. The monoisotopic (exact) mass is 214 g/mol. The molecule has 1 aliphatic rings. The molecule has 1 fully saturated rings. The van der Waals surface area contributed by atoms with E-state index in [1.807, 2.05) is 0 Å². The number of amides is 1. The molecule has 4 heteroatoms. The van der Waals surface area contributed by atoms with Crippen molar-refractivity contribution in [2.24, 2.45) is 5.92 Å². The predicted octanol–water partition coefficient (Wildman–Crippen LogP) is 0.529. The molecule has 2 N–H and O–H groups in total. The first kappa shape index (κ1) is 12.5. The molecule has 0 aliphatic heterocycles. The van der Waals surface area contributed by atoms with E-state index >= 15 is 0 Å². The molecule has 1 rings (SSSR count). The largest absolute Gasteiger partial charge is 0.371 e. The summed E-state index contributed by atoms with van der Waals surface area (Å²) in [5.74, 6) is 0.720. The third-order valence-corrected chi connectivity index (χ3v) is 2.33. The standard InChI is InChI=1S/C11H22N2O2/c1-2-5-12-6-7-13-11(14)9-15-8-10-3-4-10/h10,12H,2-9H2,1H3,(H,13,14). The van der Waals surface area contributed by atoms with E-state index in [2.05, 4.69) is 17.6 Å². The van der Waals surface area contributed by atoms with Gasteiger partial charge in [0.1, 0.15) is 6.61 Å². The van der Waals surface area contributed by atoms with Crippen molar-refractivity contribution in [3.05, 3.63) is 0 Å². The number of carbonyl (C=O) groups excluding carboxylic acids is 1. The molecule has 0 aromatic heterocycles. The lowest BCUT2D eigenvalue weighted by Crippen LogP contribution is -2.34. The van der Waals surface area contributed by atoms with Crippen LogP contribution in [0.1, 0.15) is 26.2 Å². The molecule has 0 radical (unpaired) electrons. The van der Waals surface area contributed by atoms with Crippen molar-refractivity contribution >= 4 is 5.91 Å². The third kappa shape index (κ3) is 7.33. The van der Waals surface area contributed by atoms with Crippen molar-refractivity contribution in [3.63, 3.8) is 0 Å². The Bertz CT molecular complexity index is 181. The minimum atomic E-state index is -0.00560. The molecule has 0 bridgehead atoms. The van der Waals surface area contributed by atoms with Crippen LogP contribution in [0.2, 0.25) is 0 Å². The second-order valence-electron chi connectivity index (χ2n) is 4.06. The Morgan fingerprint density at radius 1 is 1.33 bits per heavy atom. The van der Waals surface area contributed by atoms with Gasteiger partial charge in [0, 0.05) is 13.1 Å². The summed E-state index contributed by atoms with van der Waals surface area (Å²) >= 11 is 0. The Morgan fingerprint density at radius 2 is 2.13 bits per heavy atom. The van der Waals surface area contributed by atoms with E-state index in [0.29, 0.717) is 6.54 Å². The average Bonchev–Trinajstić information content (AvgIpc) is 3.01. The highest BCUT2D eigenvalue weighted by Gasteiger charge is 2.21.